The molecule has 1 aliphatic carbocycles. The van der Waals surface area contributed by atoms with Gasteiger partial charge in [0.05, 0.1) is 5.69 Å². The predicted molar refractivity (Wildman–Crippen MR) is 94.2 cm³/mol. The normalized spacial score (nSPS) is 24.9. The molecule has 2 aromatic rings. The summed E-state index contributed by atoms with van der Waals surface area (Å²) in [5, 5.41) is 4.27. The minimum Gasteiger partial charge on any atom is -0.297 e. The average Bonchev–Trinajstić information content (AvgIpc) is 3.10. The van der Waals surface area contributed by atoms with E-state index in [-0.39, 0.29) is 5.56 Å². The fourth-order valence-electron chi connectivity index (χ4n) is 3.74. The smallest absolute Gasteiger partial charge is 0.275 e. The molecule has 1 saturated heterocycles. The van der Waals surface area contributed by atoms with Gasteiger partial charge < -0.3 is 0 Å². The molecule has 2 atom stereocenters. The van der Waals surface area contributed by atoms with Crippen LogP contribution in [0.2, 0.25) is 0 Å². The molecule has 0 amide bonds. The number of hydrogen-bond acceptors (Lipinski definition) is 6. The van der Waals surface area contributed by atoms with Crippen LogP contribution in [0.25, 0.3) is 4.96 Å². The van der Waals surface area contributed by atoms with Gasteiger partial charge in [-0.1, -0.05) is 34.7 Å². The van der Waals surface area contributed by atoms with Crippen LogP contribution in [0.5, 0.6) is 0 Å². The Morgan fingerprint density at radius 2 is 2.22 bits per heavy atom. The van der Waals surface area contributed by atoms with Gasteiger partial charge in [0.25, 0.3) is 5.56 Å². The van der Waals surface area contributed by atoms with Gasteiger partial charge in [0, 0.05) is 25.7 Å². The Morgan fingerprint density at radius 1 is 1.39 bits per heavy atom. The van der Waals surface area contributed by atoms with Crippen LogP contribution in [0.1, 0.15) is 25.5 Å². The Balaban J connectivity index is 1.53. The average molecular weight is 348 g/mol. The molecule has 0 radical (unpaired) electrons. The van der Waals surface area contributed by atoms with E-state index in [0.29, 0.717) is 4.96 Å². The number of nitrogens with zero attached hydrogens (tertiary/aromatic N) is 4. The van der Waals surface area contributed by atoms with Crippen LogP contribution in [-0.2, 0) is 6.54 Å². The Morgan fingerprint density at radius 3 is 3.04 bits per heavy atom. The molecule has 2 aliphatic rings. The molecule has 2 aromatic heterocycles. The second-order valence-electron chi connectivity index (χ2n) is 6.56. The van der Waals surface area contributed by atoms with Crippen LogP contribution in [0.15, 0.2) is 26.8 Å². The summed E-state index contributed by atoms with van der Waals surface area (Å²) in [5.74, 6) is 1.55. The Kier molecular flexibility index (Phi) is 4.03. The SMILES string of the molecule is CSc1nn2c(=O)cc(CN3C[C@H]4CC(C)=CC[C@H]4C3)nc2s1. The molecule has 4 rings (SSSR count). The molecule has 7 heteroatoms. The van der Waals surface area contributed by atoms with Crippen LogP contribution < -0.4 is 5.56 Å². The molecular weight excluding hydrogens is 328 g/mol. The third-order valence-electron chi connectivity index (χ3n) is 4.85. The van der Waals surface area contributed by atoms with E-state index in [0.717, 1.165) is 41.5 Å². The third kappa shape index (κ3) is 2.97. The number of rotatable bonds is 3. The van der Waals surface area contributed by atoms with Crippen LogP contribution in [0.4, 0.5) is 0 Å². The second-order valence-corrected chi connectivity index (χ2v) is 8.57. The maximum Gasteiger partial charge on any atom is 0.275 e. The number of allylic oxidation sites excluding steroid dienone is 2. The van der Waals surface area contributed by atoms with Crippen LogP contribution in [0, 0.1) is 11.8 Å². The fourth-order valence-corrected chi connectivity index (χ4v) is 5.12. The van der Waals surface area contributed by atoms with Gasteiger partial charge in [0.15, 0.2) is 4.34 Å². The van der Waals surface area contributed by atoms with Gasteiger partial charge in [0.1, 0.15) is 0 Å². The van der Waals surface area contributed by atoms with Crippen LogP contribution in [-0.4, -0.2) is 38.8 Å². The van der Waals surface area contributed by atoms with E-state index in [4.69, 9.17) is 0 Å². The van der Waals surface area contributed by atoms with Crippen molar-refractivity contribution < 1.29 is 0 Å². The monoisotopic (exact) mass is 348 g/mol. The van der Waals surface area contributed by atoms with Gasteiger partial charge in [-0.25, -0.2) is 4.98 Å². The number of likely N-dealkylation sites (tertiary alicyclic amines) is 1. The van der Waals surface area contributed by atoms with E-state index in [2.05, 4.69) is 28.0 Å². The highest BCUT2D eigenvalue weighted by molar-refractivity contribution is 8.00. The summed E-state index contributed by atoms with van der Waals surface area (Å²) in [6.07, 6.45) is 6.78. The summed E-state index contributed by atoms with van der Waals surface area (Å²) < 4.78 is 2.29. The minimum absolute atomic E-state index is 0.0734. The molecule has 0 N–H and O–H groups in total. The lowest BCUT2D eigenvalue weighted by Crippen LogP contribution is -2.23. The number of aromatic nitrogens is 3. The van der Waals surface area contributed by atoms with Crippen molar-refractivity contribution in [2.45, 2.75) is 30.6 Å². The van der Waals surface area contributed by atoms with Crippen molar-refractivity contribution in [3.05, 3.63) is 33.8 Å². The first-order valence-corrected chi connectivity index (χ1v) is 9.98. The molecule has 0 unspecified atom stereocenters. The molecular formula is C16H20N4OS2. The van der Waals surface area contributed by atoms with Crippen molar-refractivity contribution in [3.63, 3.8) is 0 Å². The lowest BCUT2D eigenvalue weighted by Gasteiger charge is -2.22. The quantitative estimate of drug-likeness (QED) is 0.630. The van der Waals surface area contributed by atoms with Crippen molar-refractivity contribution in [2.24, 2.45) is 11.8 Å². The fraction of sp³-hybridized carbons (Fsp3) is 0.562. The predicted octanol–water partition coefficient (Wildman–Crippen LogP) is 2.66. The molecule has 0 saturated carbocycles. The number of hydrogen-bond donors (Lipinski definition) is 0. The van der Waals surface area contributed by atoms with Crippen LogP contribution in [0.3, 0.4) is 0 Å². The minimum atomic E-state index is -0.0734. The Labute approximate surface area is 143 Å². The molecule has 0 spiro atoms. The lowest BCUT2D eigenvalue weighted by atomic mass is 9.83. The standard InChI is InChI=1S/C16H20N4OS2/c1-10-3-4-11-7-19(8-12(11)5-10)9-13-6-14(21)20-15(17-13)23-16(18-20)22-2/h3,6,11-12H,4-5,7-9H2,1-2H3/t11-,12+/m0/s1. The summed E-state index contributed by atoms with van der Waals surface area (Å²) in [4.78, 5) is 20.0. The van der Waals surface area contributed by atoms with E-state index < -0.39 is 0 Å². The topological polar surface area (TPSA) is 50.5 Å². The molecule has 1 fully saturated rings. The largest absolute Gasteiger partial charge is 0.297 e. The first-order chi connectivity index (χ1) is 11.1. The van der Waals surface area contributed by atoms with Gasteiger partial charge in [-0.3, -0.25) is 9.69 Å². The van der Waals surface area contributed by atoms with Gasteiger partial charge in [-0.2, -0.15) is 4.52 Å². The maximum absolute atomic E-state index is 12.2. The zero-order valence-corrected chi connectivity index (χ0v) is 15.0. The molecule has 122 valence electrons. The summed E-state index contributed by atoms with van der Waals surface area (Å²) >= 11 is 3.03. The Hall–Kier alpha value is -1.18. The second kappa shape index (κ2) is 6.03. The van der Waals surface area contributed by atoms with Gasteiger partial charge in [0.2, 0.25) is 4.96 Å². The first kappa shape index (κ1) is 15.4. The van der Waals surface area contributed by atoms with E-state index in [1.54, 1.807) is 17.8 Å². The van der Waals surface area contributed by atoms with E-state index in [9.17, 15) is 4.79 Å². The zero-order chi connectivity index (χ0) is 16.0. The van der Waals surface area contributed by atoms with Crippen molar-refractivity contribution in [1.29, 1.82) is 0 Å². The molecule has 0 bridgehead atoms. The molecule has 0 aromatic carbocycles. The van der Waals surface area contributed by atoms with E-state index >= 15 is 0 Å². The van der Waals surface area contributed by atoms with Gasteiger partial charge in [-0.05, 0) is 37.9 Å². The molecule has 5 nitrogen and oxygen atoms in total. The van der Waals surface area contributed by atoms with Crippen molar-refractivity contribution in [3.8, 4) is 0 Å². The summed E-state index contributed by atoms with van der Waals surface area (Å²) in [7, 11) is 0. The molecule has 1 aliphatic heterocycles. The van der Waals surface area contributed by atoms with Crippen molar-refractivity contribution in [1.82, 2.24) is 19.5 Å². The number of fused-ring (bicyclic) bond motifs is 2. The van der Waals surface area contributed by atoms with Crippen molar-refractivity contribution >= 4 is 28.1 Å². The van der Waals surface area contributed by atoms with Crippen molar-refractivity contribution in [2.75, 3.05) is 19.3 Å². The Bertz CT molecular complexity index is 825. The third-order valence-corrected chi connectivity index (χ3v) is 6.73. The summed E-state index contributed by atoms with van der Waals surface area (Å²) in [6, 6.07) is 1.64. The number of thioether (sulfide) groups is 1. The zero-order valence-electron chi connectivity index (χ0n) is 13.4. The first-order valence-electron chi connectivity index (χ1n) is 7.94. The summed E-state index contributed by atoms with van der Waals surface area (Å²) in [6.45, 7) is 5.25. The van der Waals surface area contributed by atoms with Gasteiger partial charge >= 0.3 is 0 Å². The maximum atomic E-state index is 12.2. The van der Waals surface area contributed by atoms with E-state index in [1.165, 1.54) is 34.3 Å². The summed E-state index contributed by atoms with van der Waals surface area (Å²) in [5.41, 5.74) is 2.32. The highest BCUT2D eigenvalue weighted by atomic mass is 32.2. The molecule has 23 heavy (non-hydrogen) atoms. The molecule has 3 heterocycles. The lowest BCUT2D eigenvalue weighted by molar-refractivity contribution is 0.310. The highest BCUT2D eigenvalue weighted by Gasteiger charge is 2.34. The van der Waals surface area contributed by atoms with Crippen LogP contribution >= 0.6 is 23.1 Å². The van der Waals surface area contributed by atoms with E-state index in [1.807, 2.05) is 6.26 Å². The van der Waals surface area contributed by atoms with Gasteiger partial charge in [-0.15, -0.1) is 5.10 Å². The highest BCUT2D eigenvalue weighted by Crippen LogP contribution is 2.36.